The fourth-order valence-electron chi connectivity index (χ4n) is 5.06. The number of hydrogen-bond acceptors (Lipinski definition) is 2. The molecule has 1 aliphatic heterocycles. The van der Waals surface area contributed by atoms with Gasteiger partial charge in [-0.05, 0) is 68.9 Å². The molecule has 0 radical (unpaired) electrons. The number of nitrogens with zero attached hydrogens (tertiary/aromatic N) is 1. The highest BCUT2D eigenvalue weighted by Gasteiger charge is 2.27. The Bertz CT molecular complexity index is 1130. The quantitative estimate of drug-likeness (QED) is 0.589. The number of hydrogen-bond donors (Lipinski definition) is 3. The number of piperidine rings is 1. The number of urea groups is 1. The second-order valence-corrected chi connectivity index (χ2v) is 9.12. The van der Waals surface area contributed by atoms with E-state index in [1.165, 1.54) is 27.7 Å². The lowest BCUT2D eigenvalue weighted by atomic mass is 9.91. The standard InChI is InChI=1S/C26H30N4O2/c1-17-7-9-23-21(15-17)22-16-20(8-10-24(22)29-23)28-26(32)27-19-11-13-30(14-12-19)25(31)18-5-3-2-4-6-18/h2-7,9,15,19-20,29H,8,10-14,16H2,1H3,(H2,27,28,32). The van der Waals surface area contributed by atoms with Crippen LogP contribution in [0.15, 0.2) is 48.5 Å². The van der Waals surface area contributed by atoms with Gasteiger partial charge < -0.3 is 20.5 Å². The van der Waals surface area contributed by atoms with Crippen molar-refractivity contribution in [2.75, 3.05) is 13.1 Å². The number of nitrogens with one attached hydrogen (secondary N) is 3. The summed E-state index contributed by atoms with van der Waals surface area (Å²) in [6.45, 7) is 3.45. The van der Waals surface area contributed by atoms with E-state index < -0.39 is 0 Å². The lowest BCUT2D eigenvalue weighted by Crippen LogP contribution is -2.51. The van der Waals surface area contributed by atoms with Crippen LogP contribution in [0.25, 0.3) is 10.9 Å². The summed E-state index contributed by atoms with van der Waals surface area (Å²) in [7, 11) is 0. The van der Waals surface area contributed by atoms with Gasteiger partial charge in [0.15, 0.2) is 0 Å². The summed E-state index contributed by atoms with van der Waals surface area (Å²) >= 11 is 0. The topological polar surface area (TPSA) is 77.2 Å². The zero-order chi connectivity index (χ0) is 22.1. The highest BCUT2D eigenvalue weighted by Crippen LogP contribution is 2.30. The Morgan fingerprint density at radius 1 is 0.969 bits per heavy atom. The summed E-state index contributed by atoms with van der Waals surface area (Å²) in [5, 5.41) is 7.61. The van der Waals surface area contributed by atoms with Gasteiger partial charge in [-0.15, -0.1) is 0 Å². The maximum Gasteiger partial charge on any atom is 0.315 e. The van der Waals surface area contributed by atoms with Crippen molar-refractivity contribution < 1.29 is 9.59 Å². The maximum atomic E-state index is 12.7. The molecule has 6 nitrogen and oxygen atoms in total. The predicted octanol–water partition coefficient (Wildman–Crippen LogP) is 3.94. The van der Waals surface area contributed by atoms with Crippen LogP contribution in [0.3, 0.4) is 0 Å². The van der Waals surface area contributed by atoms with Crippen LogP contribution in [0.4, 0.5) is 4.79 Å². The molecule has 1 aliphatic carbocycles. The van der Waals surface area contributed by atoms with Crippen LogP contribution in [-0.2, 0) is 12.8 Å². The molecular formula is C26H30N4O2. The molecule has 1 unspecified atom stereocenters. The van der Waals surface area contributed by atoms with Crippen molar-refractivity contribution in [1.29, 1.82) is 0 Å². The van der Waals surface area contributed by atoms with Gasteiger partial charge in [0.25, 0.3) is 5.91 Å². The van der Waals surface area contributed by atoms with E-state index in [0.717, 1.165) is 37.7 Å². The van der Waals surface area contributed by atoms with E-state index in [1.54, 1.807) is 0 Å². The van der Waals surface area contributed by atoms with Crippen LogP contribution in [0, 0.1) is 6.92 Å². The minimum atomic E-state index is -0.0951. The van der Waals surface area contributed by atoms with Gasteiger partial charge in [0.1, 0.15) is 0 Å². The molecule has 2 heterocycles. The zero-order valence-corrected chi connectivity index (χ0v) is 18.5. The average Bonchev–Trinajstić information content (AvgIpc) is 3.17. The third-order valence-corrected chi connectivity index (χ3v) is 6.82. The summed E-state index contributed by atoms with van der Waals surface area (Å²) in [6, 6.07) is 16.0. The molecule has 0 bridgehead atoms. The van der Waals surface area contributed by atoms with Crippen molar-refractivity contribution in [2.45, 2.75) is 51.1 Å². The third kappa shape index (κ3) is 4.22. The molecule has 1 fully saturated rings. The number of rotatable bonds is 3. The molecule has 3 N–H and O–H groups in total. The lowest BCUT2D eigenvalue weighted by Gasteiger charge is -2.33. The van der Waals surface area contributed by atoms with Gasteiger partial charge in [0, 0.05) is 47.3 Å². The summed E-state index contributed by atoms with van der Waals surface area (Å²) in [5.41, 5.74) is 5.81. The fourth-order valence-corrected chi connectivity index (χ4v) is 5.06. The van der Waals surface area contributed by atoms with E-state index in [-0.39, 0.29) is 24.0 Å². The van der Waals surface area contributed by atoms with Crippen molar-refractivity contribution in [3.63, 3.8) is 0 Å². The van der Waals surface area contributed by atoms with Crippen molar-refractivity contribution in [1.82, 2.24) is 20.5 Å². The van der Waals surface area contributed by atoms with E-state index in [1.807, 2.05) is 35.2 Å². The van der Waals surface area contributed by atoms with Crippen molar-refractivity contribution in [3.05, 3.63) is 70.9 Å². The Kier molecular flexibility index (Phi) is 5.60. The fraction of sp³-hybridized carbons (Fsp3) is 0.385. The molecule has 166 valence electrons. The van der Waals surface area contributed by atoms with Gasteiger partial charge in [-0.2, -0.15) is 0 Å². The zero-order valence-electron chi connectivity index (χ0n) is 18.5. The summed E-state index contributed by atoms with van der Waals surface area (Å²) in [6.07, 6.45) is 4.31. The number of fused-ring (bicyclic) bond motifs is 3. The Hall–Kier alpha value is -3.28. The van der Waals surface area contributed by atoms with E-state index in [4.69, 9.17) is 0 Å². The Morgan fingerprint density at radius 2 is 1.72 bits per heavy atom. The first kappa shape index (κ1) is 20.6. The number of aromatic nitrogens is 1. The number of aryl methyl sites for hydroxylation is 2. The van der Waals surface area contributed by atoms with Crippen LogP contribution in [0.1, 0.15) is 46.4 Å². The van der Waals surface area contributed by atoms with Crippen molar-refractivity contribution >= 4 is 22.8 Å². The number of likely N-dealkylation sites (tertiary alicyclic amines) is 1. The van der Waals surface area contributed by atoms with Gasteiger partial charge in [-0.3, -0.25) is 4.79 Å². The normalized spacial score (nSPS) is 18.9. The predicted molar refractivity (Wildman–Crippen MR) is 126 cm³/mol. The van der Waals surface area contributed by atoms with Crippen LogP contribution >= 0.6 is 0 Å². The molecule has 3 amide bonds. The van der Waals surface area contributed by atoms with E-state index >= 15 is 0 Å². The van der Waals surface area contributed by atoms with Gasteiger partial charge >= 0.3 is 6.03 Å². The molecule has 32 heavy (non-hydrogen) atoms. The SMILES string of the molecule is Cc1ccc2[nH]c3c(c2c1)CC(NC(=O)NC1CCN(C(=O)c2ccccc2)CC1)CC3. The number of amides is 3. The smallest absolute Gasteiger partial charge is 0.315 e. The lowest BCUT2D eigenvalue weighted by molar-refractivity contribution is 0.0708. The molecule has 2 aliphatic rings. The van der Waals surface area contributed by atoms with Crippen molar-refractivity contribution in [3.8, 4) is 0 Å². The summed E-state index contributed by atoms with van der Waals surface area (Å²) < 4.78 is 0. The van der Waals surface area contributed by atoms with E-state index in [9.17, 15) is 9.59 Å². The minimum absolute atomic E-state index is 0.0699. The highest BCUT2D eigenvalue weighted by molar-refractivity contribution is 5.94. The van der Waals surface area contributed by atoms with Gasteiger partial charge in [-0.1, -0.05) is 29.8 Å². The number of benzene rings is 2. The van der Waals surface area contributed by atoms with Crippen LogP contribution < -0.4 is 10.6 Å². The first-order chi connectivity index (χ1) is 15.6. The third-order valence-electron chi connectivity index (χ3n) is 6.82. The van der Waals surface area contributed by atoms with Crippen molar-refractivity contribution in [2.24, 2.45) is 0 Å². The largest absolute Gasteiger partial charge is 0.358 e. The highest BCUT2D eigenvalue weighted by atomic mass is 16.2. The second-order valence-electron chi connectivity index (χ2n) is 9.12. The molecule has 2 aromatic carbocycles. The molecular weight excluding hydrogens is 400 g/mol. The van der Waals surface area contributed by atoms with E-state index in [2.05, 4.69) is 40.7 Å². The molecule has 1 atom stereocenters. The second kappa shape index (κ2) is 8.69. The molecule has 3 aromatic rings. The molecule has 0 saturated carbocycles. The molecule has 5 rings (SSSR count). The summed E-state index contributed by atoms with van der Waals surface area (Å²) in [5.74, 6) is 0.0699. The molecule has 0 spiro atoms. The van der Waals surface area contributed by atoms with Crippen LogP contribution in [-0.4, -0.2) is 47.0 Å². The number of carbonyl (C=O) groups is 2. The average molecular weight is 431 g/mol. The molecule has 1 saturated heterocycles. The Balaban J connectivity index is 1.13. The maximum absolute atomic E-state index is 12.7. The van der Waals surface area contributed by atoms with Gasteiger partial charge in [-0.25, -0.2) is 4.79 Å². The number of aromatic amines is 1. The van der Waals surface area contributed by atoms with Crippen LogP contribution in [0.2, 0.25) is 0 Å². The first-order valence-corrected chi connectivity index (χ1v) is 11.6. The Labute approximate surface area is 188 Å². The Morgan fingerprint density at radius 3 is 2.50 bits per heavy atom. The van der Waals surface area contributed by atoms with E-state index in [0.29, 0.717) is 13.1 Å². The number of carbonyl (C=O) groups excluding carboxylic acids is 2. The monoisotopic (exact) mass is 430 g/mol. The van der Waals surface area contributed by atoms with Crippen LogP contribution in [0.5, 0.6) is 0 Å². The summed E-state index contributed by atoms with van der Waals surface area (Å²) in [4.78, 5) is 30.7. The minimum Gasteiger partial charge on any atom is -0.358 e. The number of H-pyrrole nitrogens is 1. The van der Waals surface area contributed by atoms with Gasteiger partial charge in [0.2, 0.25) is 0 Å². The molecule has 6 heteroatoms. The molecule has 1 aromatic heterocycles. The van der Waals surface area contributed by atoms with Gasteiger partial charge in [0.05, 0.1) is 0 Å². The first-order valence-electron chi connectivity index (χ1n) is 11.6.